The van der Waals surface area contributed by atoms with Crippen molar-refractivity contribution in [3.05, 3.63) is 0 Å². The van der Waals surface area contributed by atoms with Gasteiger partial charge in [0.2, 0.25) is 0 Å². The van der Waals surface area contributed by atoms with E-state index < -0.39 is 0 Å². The molecular formula is C11H24ClN. The summed E-state index contributed by atoms with van der Waals surface area (Å²) in [5.41, 5.74) is 0. The fraction of sp³-hybridized carbons (Fsp3) is 1.00. The summed E-state index contributed by atoms with van der Waals surface area (Å²) >= 11 is 0. The molecule has 2 atom stereocenters. The fourth-order valence-electron chi connectivity index (χ4n) is 2.11. The highest BCUT2D eigenvalue weighted by molar-refractivity contribution is 5.85. The minimum Gasteiger partial charge on any atom is -0.312 e. The highest BCUT2D eigenvalue weighted by Crippen LogP contribution is 2.16. The molecular weight excluding hydrogens is 182 g/mol. The third-order valence-electron chi connectivity index (χ3n) is 2.87. The Morgan fingerprint density at radius 1 is 1.23 bits per heavy atom. The van der Waals surface area contributed by atoms with E-state index in [1.165, 1.54) is 44.9 Å². The van der Waals surface area contributed by atoms with E-state index >= 15 is 0 Å². The van der Waals surface area contributed by atoms with Gasteiger partial charge in [0, 0.05) is 12.1 Å². The molecule has 0 spiro atoms. The van der Waals surface area contributed by atoms with Crippen LogP contribution in [-0.4, -0.2) is 12.1 Å². The summed E-state index contributed by atoms with van der Waals surface area (Å²) in [5, 5.41) is 3.68. The van der Waals surface area contributed by atoms with Crippen molar-refractivity contribution in [3.8, 4) is 0 Å². The maximum absolute atomic E-state index is 3.68. The largest absolute Gasteiger partial charge is 0.312 e. The molecule has 0 aromatic heterocycles. The Morgan fingerprint density at radius 3 is 2.62 bits per heavy atom. The van der Waals surface area contributed by atoms with Gasteiger partial charge in [-0.2, -0.15) is 0 Å². The molecule has 13 heavy (non-hydrogen) atoms. The van der Waals surface area contributed by atoms with Gasteiger partial charge in [0.1, 0.15) is 0 Å². The number of unbranched alkanes of at least 4 members (excludes halogenated alkanes) is 2. The van der Waals surface area contributed by atoms with E-state index in [0.29, 0.717) is 0 Å². The summed E-state index contributed by atoms with van der Waals surface area (Å²) in [7, 11) is 0. The normalized spacial score (nSPS) is 28.2. The van der Waals surface area contributed by atoms with Crippen molar-refractivity contribution in [1.82, 2.24) is 5.32 Å². The summed E-state index contributed by atoms with van der Waals surface area (Å²) in [6.45, 7) is 4.59. The Bertz CT molecular complexity index is 117. The van der Waals surface area contributed by atoms with Gasteiger partial charge in [-0.1, -0.05) is 32.6 Å². The van der Waals surface area contributed by atoms with Gasteiger partial charge >= 0.3 is 0 Å². The molecule has 1 rings (SSSR count). The van der Waals surface area contributed by atoms with Crippen LogP contribution >= 0.6 is 12.4 Å². The van der Waals surface area contributed by atoms with Crippen molar-refractivity contribution in [3.63, 3.8) is 0 Å². The molecule has 0 amide bonds. The lowest BCUT2D eigenvalue weighted by Gasteiger charge is -2.28. The van der Waals surface area contributed by atoms with Crippen LogP contribution in [0, 0.1) is 0 Å². The average Bonchev–Trinajstić information content (AvgIpc) is 2.05. The predicted molar refractivity (Wildman–Crippen MR) is 61.6 cm³/mol. The van der Waals surface area contributed by atoms with Crippen LogP contribution in [0.25, 0.3) is 0 Å². The van der Waals surface area contributed by atoms with Crippen LogP contribution in [0.1, 0.15) is 58.8 Å². The smallest absolute Gasteiger partial charge is 0.00695 e. The monoisotopic (exact) mass is 205 g/mol. The minimum absolute atomic E-state index is 0. The van der Waals surface area contributed by atoms with E-state index in [1.54, 1.807) is 0 Å². The third kappa shape index (κ3) is 5.53. The van der Waals surface area contributed by atoms with Gasteiger partial charge in [-0.25, -0.2) is 0 Å². The summed E-state index contributed by atoms with van der Waals surface area (Å²) in [5.74, 6) is 0. The molecule has 80 valence electrons. The molecule has 1 heterocycles. The molecule has 0 bridgehead atoms. The Hall–Kier alpha value is 0.250. The molecule has 0 radical (unpaired) electrons. The highest BCUT2D eigenvalue weighted by Gasteiger charge is 2.16. The number of rotatable bonds is 4. The standard InChI is InChI=1S/C11H23N.ClH/c1-3-4-5-8-11-9-6-7-10(2)12-11;/h10-12H,3-9H2,1-2H3;1H/t10-,11-;/m1./s1. The lowest BCUT2D eigenvalue weighted by molar-refractivity contribution is 0.315. The van der Waals surface area contributed by atoms with Crippen molar-refractivity contribution in [1.29, 1.82) is 0 Å². The molecule has 0 saturated carbocycles. The molecule has 1 aliphatic heterocycles. The summed E-state index contributed by atoms with van der Waals surface area (Å²) in [6.07, 6.45) is 9.80. The van der Waals surface area contributed by atoms with Crippen LogP contribution in [0.2, 0.25) is 0 Å². The molecule has 0 aromatic carbocycles. The summed E-state index contributed by atoms with van der Waals surface area (Å²) in [4.78, 5) is 0. The van der Waals surface area contributed by atoms with Crippen LogP contribution < -0.4 is 5.32 Å². The van der Waals surface area contributed by atoms with Crippen LogP contribution in [-0.2, 0) is 0 Å². The second-order valence-corrected chi connectivity index (χ2v) is 4.19. The average molecular weight is 206 g/mol. The van der Waals surface area contributed by atoms with E-state index in [0.717, 1.165) is 12.1 Å². The number of hydrogen-bond acceptors (Lipinski definition) is 1. The summed E-state index contributed by atoms with van der Waals surface area (Å²) in [6, 6.07) is 1.60. The van der Waals surface area contributed by atoms with Gasteiger partial charge in [0.25, 0.3) is 0 Å². The zero-order chi connectivity index (χ0) is 8.81. The lowest BCUT2D eigenvalue weighted by atomic mass is 9.96. The molecule has 1 saturated heterocycles. The first-order valence-electron chi connectivity index (χ1n) is 5.59. The molecule has 1 nitrogen and oxygen atoms in total. The van der Waals surface area contributed by atoms with Gasteiger partial charge in [0.05, 0.1) is 0 Å². The molecule has 0 aromatic rings. The first-order valence-corrected chi connectivity index (χ1v) is 5.59. The zero-order valence-electron chi connectivity index (χ0n) is 9.01. The maximum Gasteiger partial charge on any atom is 0.00695 e. The van der Waals surface area contributed by atoms with E-state index in [2.05, 4.69) is 19.2 Å². The number of hydrogen-bond donors (Lipinski definition) is 1. The topological polar surface area (TPSA) is 12.0 Å². The van der Waals surface area contributed by atoms with Gasteiger partial charge in [-0.15, -0.1) is 12.4 Å². The van der Waals surface area contributed by atoms with Crippen LogP contribution in [0.4, 0.5) is 0 Å². The van der Waals surface area contributed by atoms with E-state index in [4.69, 9.17) is 0 Å². The van der Waals surface area contributed by atoms with Crippen LogP contribution in [0.3, 0.4) is 0 Å². The third-order valence-corrected chi connectivity index (χ3v) is 2.87. The first kappa shape index (κ1) is 13.2. The van der Waals surface area contributed by atoms with E-state index in [-0.39, 0.29) is 12.4 Å². The second-order valence-electron chi connectivity index (χ2n) is 4.19. The molecule has 1 fully saturated rings. The SMILES string of the molecule is CCCCC[C@@H]1CCC[C@@H](C)N1.Cl. The number of nitrogens with one attached hydrogen (secondary N) is 1. The number of piperidine rings is 1. The van der Waals surface area contributed by atoms with Crippen molar-refractivity contribution in [2.24, 2.45) is 0 Å². The number of halogens is 1. The molecule has 2 heteroatoms. The first-order chi connectivity index (χ1) is 5.83. The maximum atomic E-state index is 3.68. The van der Waals surface area contributed by atoms with Crippen molar-refractivity contribution in [2.45, 2.75) is 70.9 Å². The molecule has 0 unspecified atom stereocenters. The minimum atomic E-state index is 0. The van der Waals surface area contributed by atoms with Gasteiger partial charge < -0.3 is 5.32 Å². The van der Waals surface area contributed by atoms with Crippen molar-refractivity contribution >= 4 is 12.4 Å². The quantitative estimate of drug-likeness (QED) is 0.693. The van der Waals surface area contributed by atoms with E-state index in [1.807, 2.05) is 0 Å². The van der Waals surface area contributed by atoms with Gasteiger partial charge in [0.15, 0.2) is 0 Å². The van der Waals surface area contributed by atoms with Crippen LogP contribution in [0.5, 0.6) is 0 Å². The highest BCUT2D eigenvalue weighted by atomic mass is 35.5. The lowest BCUT2D eigenvalue weighted by Crippen LogP contribution is -2.40. The Kier molecular flexibility index (Phi) is 7.78. The summed E-state index contributed by atoms with van der Waals surface area (Å²) < 4.78 is 0. The zero-order valence-corrected chi connectivity index (χ0v) is 9.83. The Labute approximate surface area is 89.1 Å². The van der Waals surface area contributed by atoms with Crippen molar-refractivity contribution < 1.29 is 0 Å². The van der Waals surface area contributed by atoms with Crippen LogP contribution in [0.15, 0.2) is 0 Å². The Balaban J connectivity index is 0.00000144. The second kappa shape index (κ2) is 7.64. The van der Waals surface area contributed by atoms with E-state index in [9.17, 15) is 0 Å². The fourth-order valence-corrected chi connectivity index (χ4v) is 2.11. The molecule has 1 N–H and O–H groups in total. The van der Waals surface area contributed by atoms with Gasteiger partial charge in [-0.05, 0) is 26.2 Å². The van der Waals surface area contributed by atoms with Crippen molar-refractivity contribution in [2.75, 3.05) is 0 Å². The Morgan fingerprint density at radius 2 is 2.00 bits per heavy atom. The molecule has 1 aliphatic rings. The predicted octanol–water partition coefficient (Wildman–Crippen LogP) is 3.52. The van der Waals surface area contributed by atoms with Gasteiger partial charge in [-0.3, -0.25) is 0 Å². The molecule has 0 aliphatic carbocycles.